The fourth-order valence-electron chi connectivity index (χ4n) is 4.52. The van der Waals surface area contributed by atoms with Crippen molar-refractivity contribution >= 4 is 28.7 Å². The number of nitrogens with two attached hydrogens (primary N) is 1. The molecule has 2 aromatic heterocycles. The maximum absolute atomic E-state index is 15.0. The average Bonchev–Trinajstić information content (AvgIpc) is 3.58. The van der Waals surface area contributed by atoms with Crippen LogP contribution in [-0.2, 0) is 15.7 Å². The largest absolute Gasteiger partial charge is 0.449 e. The fraction of sp³-hybridized carbons (Fsp3) is 0.333. The van der Waals surface area contributed by atoms with E-state index in [-0.39, 0.29) is 42.2 Å². The molecule has 2 atom stereocenters. The molecule has 2 amide bonds. The number of fused-ring (bicyclic) bond motifs is 1. The Morgan fingerprint density at radius 1 is 1.36 bits per heavy atom. The van der Waals surface area contributed by atoms with Gasteiger partial charge in [0.25, 0.3) is 5.91 Å². The number of hydrogen-bond acceptors (Lipinski definition) is 6. The summed E-state index contributed by atoms with van der Waals surface area (Å²) in [4.78, 5) is 31.2. The molecule has 10 nitrogen and oxygen atoms in total. The number of rotatable bonds is 6. The molecular formula is C24H22F5N7O3. The predicted molar refractivity (Wildman–Crippen MR) is 129 cm³/mol. The number of aromatic nitrogens is 4. The lowest BCUT2D eigenvalue weighted by Gasteiger charge is -2.22. The molecule has 1 aromatic carbocycles. The number of benzene rings is 1. The Bertz CT molecular complexity index is 1530. The number of ether oxygens (including phenoxy) is 1. The van der Waals surface area contributed by atoms with Crippen LogP contribution in [0.5, 0.6) is 0 Å². The number of halogens is 5. The van der Waals surface area contributed by atoms with Gasteiger partial charge in [-0.05, 0) is 18.4 Å². The quantitative estimate of drug-likeness (QED) is 0.245. The Hall–Kier alpha value is -4.45. The van der Waals surface area contributed by atoms with E-state index >= 15 is 0 Å². The standard InChI is InChI=1S/C24H22F5N7O3/c1-4-17(37)35-9-11(7-12(35)10-39-3)36-22(31-2)18(21(30)38)15(34-36)6-5-13-14(25)8-16-20(19(13)26)33-23(32-16)24(27,28)29/h4,8,11-12,31H,1,7,9-10H2,2-3H3,(H2,30,38)(H,32,33)/t11-,12+/m0/s1. The summed E-state index contributed by atoms with van der Waals surface area (Å²) in [7, 11) is 2.98. The maximum atomic E-state index is 15.0. The number of imidazole rings is 1. The molecule has 4 rings (SSSR count). The predicted octanol–water partition coefficient (Wildman–Crippen LogP) is 2.57. The molecule has 3 heterocycles. The third kappa shape index (κ3) is 5.02. The van der Waals surface area contributed by atoms with Crippen LogP contribution in [0.15, 0.2) is 18.7 Å². The topological polar surface area (TPSA) is 131 Å². The zero-order chi connectivity index (χ0) is 28.6. The number of anilines is 1. The van der Waals surface area contributed by atoms with Crippen LogP contribution in [0.25, 0.3) is 11.0 Å². The Kier molecular flexibility index (Phi) is 7.33. The van der Waals surface area contributed by atoms with Crippen molar-refractivity contribution in [2.24, 2.45) is 5.73 Å². The molecule has 0 saturated carbocycles. The minimum atomic E-state index is -4.91. The smallest absolute Gasteiger partial charge is 0.383 e. The van der Waals surface area contributed by atoms with Crippen molar-refractivity contribution in [1.82, 2.24) is 24.6 Å². The van der Waals surface area contributed by atoms with Gasteiger partial charge in [0.15, 0.2) is 11.5 Å². The minimum absolute atomic E-state index is 0.152. The second-order valence-electron chi connectivity index (χ2n) is 8.60. The zero-order valence-corrected chi connectivity index (χ0v) is 20.6. The maximum Gasteiger partial charge on any atom is 0.449 e. The van der Waals surface area contributed by atoms with E-state index in [0.29, 0.717) is 12.5 Å². The summed E-state index contributed by atoms with van der Waals surface area (Å²) >= 11 is 0. The number of nitrogens with zero attached hydrogens (tertiary/aromatic N) is 4. The molecule has 1 aliphatic heterocycles. The first-order valence-electron chi connectivity index (χ1n) is 11.4. The van der Waals surface area contributed by atoms with Gasteiger partial charge in [0.2, 0.25) is 11.7 Å². The monoisotopic (exact) mass is 551 g/mol. The van der Waals surface area contributed by atoms with Crippen LogP contribution >= 0.6 is 0 Å². The number of H-pyrrole nitrogens is 1. The second kappa shape index (κ2) is 10.4. The Labute approximate surface area is 218 Å². The number of methoxy groups -OCH3 is 1. The summed E-state index contributed by atoms with van der Waals surface area (Å²) in [6.07, 6.45) is -3.36. The van der Waals surface area contributed by atoms with Crippen LogP contribution in [0, 0.1) is 23.5 Å². The van der Waals surface area contributed by atoms with E-state index in [4.69, 9.17) is 10.5 Å². The average molecular weight is 551 g/mol. The first-order chi connectivity index (χ1) is 18.4. The van der Waals surface area contributed by atoms with Crippen molar-refractivity contribution in [2.75, 3.05) is 32.6 Å². The summed E-state index contributed by atoms with van der Waals surface area (Å²) in [5, 5.41) is 7.15. The van der Waals surface area contributed by atoms with Crippen molar-refractivity contribution in [3.8, 4) is 11.8 Å². The first-order valence-corrected chi connectivity index (χ1v) is 11.4. The molecule has 3 aromatic rings. The zero-order valence-electron chi connectivity index (χ0n) is 20.6. The Morgan fingerprint density at radius 2 is 2.08 bits per heavy atom. The molecule has 39 heavy (non-hydrogen) atoms. The summed E-state index contributed by atoms with van der Waals surface area (Å²) in [5.74, 6) is -0.680. The van der Waals surface area contributed by atoms with Crippen molar-refractivity contribution in [3.63, 3.8) is 0 Å². The summed E-state index contributed by atoms with van der Waals surface area (Å²) in [6.45, 7) is 3.91. The fourth-order valence-corrected chi connectivity index (χ4v) is 4.52. The van der Waals surface area contributed by atoms with Gasteiger partial charge < -0.3 is 25.7 Å². The van der Waals surface area contributed by atoms with Crippen LogP contribution in [0.4, 0.5) is 27.8 Å². The number of likely N-dealkylation sites (tertiary alicyclic amines) is 1. The molecular weight excluding hydrogens is 529 g/mol. The number of alkyl halides is 3. The summed E-state index contributed by atoms with van der Waals surface area (Å²) in [5.41, 5.74) is 3.00. The van der Waals surface area contributed by atoms with Crippen LogP contribution in [0.1, 0.15) is 39.9 Å². The summed E-state index contributed by atoms with van der Waals surface area (Å²) in [6, 6.07) is -0.145. The lowest BCUT2D eigenvalue weighted by molar-refractivity contribution is -0.144. The highest BCUT2D eigenvalue weighted by Gasteiger charge is 2.38. The van der Waals surface area contributed by atoms with Gasteiger partial charge in [0.1, 0.15) is 22.7 Å². The van der Waals surface area contributed by atoms with Gasteiger partial charge in [-0.3, -0.25) is 9.59 Å². The van der Waals surface area contributed by atoms with Gasteiger partial charge in [0.05, 0.1) is 29.8 Å². The van der Waals surface area contributed by atoms with Gasteiger partial charge in [-0.1, -0.05) is 12.5 Å². The number of carbonyl (C=O) groups is 2. The molecule has 0 bridgehead atoms. The van der Waals surface area contributed by atoms with Gasteiger partial charge >= 0.3 is 6.18 Å². The van der Waals surface area contributed by atoms with Crippen molar-refractivity contribution < 1.29 is 36.3 Å². The van der Waals surface area contributed by atoms with E-state index < -0.39 is 52.2 Å². The van der Waals surface area contributed by atoms with Crippen molar-refractivity contribution in [1.29, 1.82) is 0 Å². The highest BCUT2D eigenvalue weighted by molar-refractivity contribution is 6.00. The second-order valence-corrected chi connectivity index (χ2v) is 8.60. The minimum Gasteiger partial charge on any atom is -0.383 e. The number of aromatic amines is 1. The SMILES string of the molecule is C=CC(=O)N1C[C@@H](n2nc(C#Cc3c(F)cc4[nH]c(C(F)(F)F)nc4c3F)c(C(N)=O)c2NC)C[C@@H]1COC. The van der Waals surface area contributed by atoms with Gasteiger partial charge in [-0.2, -0.15) is 18.3 Å². The molecule has 206 valence electrons. The molecule has 0 unspecified atom stereocenters. The molecule has 15 heteroatoms. The lowest BCUT2D eigenvalue weighted by Crippen LogP contribution is -2.37. The van der Waals surface area contributed by atoms with Gasteiger partial charge in [-0.15, -0.1) is 0 Å². The third-order valence-electron chi connectivity index (χ3n) is 6.19. The number of carbonyl (C=O) groups excluding carboxylic acids is 2. The van der Waals surface area contributed by atoms with Crippen molar-refractivity contribution in [2.45, 2.75) is 24.7 Å². The highest BCUT2D eigenvalue weighted by Crippen LogP contribution is 2.33. The van der Waals surface area contributed by atoms with Crippen LogP contribution in [-0.4, -0.2) is 69.8 Å². The van der Waals surface area contributed by atoms with Gasteiger partial charge in [-0.25, -0.2) is 18.4 Å². The van der Waals surface area contributed by atoms with E-state index in [1.54, 1.807) is 0 Å². The van der Waals surface area contributed by atoms with E-state index in [0.717, 1.165) is 6.08 Å². The highest BCUT2D eigenvalue weighted by atomic mass is 19.4. The number of nitrogens with one attached hydrogen (secondary N) is 2. The van der Waals surface area contributed by atoms with E-state index in [1.165, 1.54) is 23.7 Å². The number of amides is 2. The first kappa shape index (κ1) is 27.6. The van der Waals surface area contributed by atoms with Crippen LogP contribution in [0.3, 0.4) is 0 Å². The molecule has 0 radical (unpaired) electrons. The van der Waals surface area contributed by atoms with Crippen LogP contribution in [0.2, 0.25) is 0 Å². The molecule has 4 N–H and O–H groups in total. The molecule has 1 aliphatic rings. The van der Waals surface area contributed by atoms with Crippen molar-refractivity contribution in [3.05, 3.63) is 53.0 Å². The summed E-state index contributed by atoms with van der Waals surface area (Å²) < 4.78 is 75.2. The third-order valence-corrected chi connectivity index (χ3v) is 6.19. The number of hydrogen-bond donors (Lipinski definition) is 3. The Balaban J connectivity index is 1.79. The number of primary amides is 1. The van der Waals surface area contributed by atoms with Crippen LogP contribution < -0.4 is 11.1 Å². The normalized spacial score (nSPS) is 17.3. The molecule has 1 fully saturated rings. The lowest BCUT2D eigenvalue weighted by atomic mass is 10.1. The van der Waals surface area contributed by atoms with E-state index in [9.17, 15) is 31.5 Å². The molecule has 0 spiro atoms. The van der Waals surface area contributed by atoms with Gasteiger partial charge in [0, 0.05) is 26.8 Å². The molecule has 0 aliphatic carbocycles. The Morgan fingerprint density at radius 3 is 2.67 bits per heavy atom. The molecule has 1 saturated heterocycles. The van der Waals surface area contributed by atoms with E-state index in [1.807, 2.05) is 4.98 Å². The van der Waals surface area contributed by atoms with E-state index in [2.05, 4.69) is 33.8 Å².